The molecule has 1 aliphatic rings. The fourth-order valence-corrected chi connectivity index (χ4v) is 3.03. The molecule has 1 rings (SSSR count). The Morgan fingerprint density at radius 3 is 2.72 bits per heavy atom. The zero-order valence-electron chi connectivity index (χ0n) is 11.1. The molecule has 0 saturated carbocycles. The molecule has 2 unspecified atom stereocenters. The second kappa shape index (κ2) is 8.24. The topological polar surface area (TPSA) is 70.2 Å². The second-order valence-electron chi connectivity index (χ2n) is 4.57. The molecule has 1 aliphatic heterocycles. The van der Waals surface area contributed by atoms with E-state index in [9.17, 15) is 9.59 Å². The van der Waals surface area contributed by atoms with Crippen molar-refractivity contribution >= 4 is 23.7 Å². The van der Waals surface area contributed by atoms with Crippen molar-refractivity contribution in [3.05, 3.63) is 0 Å². The van der Waals surface area contributed by atoms with Gasteiger partial charge in [0.15, 0.2) is 0 Å². The second-order valence-corrected chi connectivity index (χ2v) is 5.72. The van der Waals surface area contributed by atoms with Gasteiger partial charge in [0.2, 0.25) is 5.91 Å². The highest BCUT2D eigenvalue weighted by Gasteiger charge is 2.27. The quantitative estimate of drug-likeness (QED) is 0.580. The molecule has 0 radical (unpaired) electrons. The first kappa shape index (κ1) is 15.1. The van der Waals surface area contributed by atoms with Crippen LogP contribution in [0.3, 0.4) is 0 Å². The van der Waals surface area contributed by atoms with Crippen LogP contribution in [0, 0.1) is 0 Å². The van der Waals surface area contributed by atoms with Crippen molar-refractivity contribution in [1.29, 1.82) is 0 Å². The molecule has 3 N–H and O–H groups in total. The lowest BCUT2D eigenvalue weighted by atomic mass is 10.2. The minimum atomic E-state index is -0.0568. The monoisotopic (exact) mass is 273 g/mol. The molecule has 0 bridgehead atoms. The lowest BCUT2D eigenvalue weighted by molar-refractivity contribution is -0.120. The summed E-state index contributed by atoms with van der Waals surface area (Å²) in [7, 11) is 1.67. The molecule has 0 aromatic rings. The van der Waals surface area contributed by atoms with Gasteiger partial charge in [0.05, 0.1) is 6.04 Å². The van der Waals surface area contributed by atoms with Gasteiger partial charge in [-0.2, -0.15) is 11.8 Å². The van der Waals surface area contributed by atoms with Crippen LogP contribution in [0.15, 0.2) is 0 Å². The van der Waals surface area contributed by atoms with Gasteiger partial charge in [-0.15, -0.1) is 0 Å². The van der Waals surface area contributed by atoms with Gasteiger partial charge >= 0.3 is 6.03 Å². The van der Waals surface area contributed by atoms with Crippen molar-refractivity contribution in [3.63, 3.8) is 0 Å². The van der Waals surface area contributed by atoms with Gasteiger partial charge in [-0.25, -0.2) is 4.79 Å². The first-order chi connectivity index (χ1) is 8.63. The van der Waals surface area contributed by atoms with Crippen LogP contribution >= 0.6 is 11.8 Å². The molecule has 2 atom stereocenters. The van der Waals surface area contributed by atoms with Crippen LogP contribution in [0.2, 0.25) is 0 Å². The van der Waals surface area contributed by atoms with Gasteiger partial charge in [0.1, 0.15) is 0 Å². The van der Waals surface area contributed by atoms with E-state index >= 15 is 0 Å². The van der Waals surface area contributed by atoms with E-state index in [4.69, 9.17) is 0 Å². The van der Waals surface area contributed by atoms with Crippen LogP contribution < -0.4 is 16.0 Å². The van der Waals surface area contributed by atoms with Crippen LogP contribution in [0.4, 0.5) is 4.79 Å². The highest BCUT2D eigenvalue weighted by molar-refractivity contribution is 7.99. The minimum Gasteiger partial charge on any atom is -0.359 e. The van der Waals surface area contributed by atoms with E-state index < -0.39 is 0 Å². The lowest BCUT2D eigenvalue weighted by Gasteiger charge is -2.13. The zero-order valence-corrected chi connectivity index (χ0v) is 11.9. The summed E-state index contributed by atoms with van der Waals surface area (Å²) < 4.78 is 0. The van der Waals surface area contributed by atoms with E-state index in [-0.39, 0.29) is 24.0 Å². The highest BCUT2D eigenvalue weighted by Crippen LogP contribution is 2.12. The Morgan fingerprint density at radius 1 is 1.33 bits per heavy atom. The number of hydrogen-bond acceptors (Lipinski definition) is 3. The first-order valence-electron chi connectivity index (χ1n) is 6.49. The SMILES string of the molecule is CNC(=O)CCCCCSCC1NC(=O)NC1C. The number of carbonyl (C=O) groups excluding carboxylic acids is 2. The Morgan fingerprint density at radius 2 is 2.11 bits per heavy atom. The predicted octanol–water partition coefficient (Wildman–Crippen LogP) is 1.10. The normalized spacial score (nSPS) is 22.4. The van der Waals surface area contributed by atoms with E-state index in [0.717, 1.165) is 30.8 Å². The van der Waals surface area contributed by atoms with Crippen LogP contribution in [0.1, 0.15) is 32.6 Å². The fraction of sp³-hybridized carbons (Fsp3) is 0.833. The third kappa shape index (κ3) is 5.62. The number of unbranched alkanes of at least 4 members (excludes halogenated alkanes) is 2. The number of rotatable bonds is 8. The number of nitrogens with one attached hydrogen (secondary N) is 3. The van der Waals surface area contributed by atoms with Crippen molar-refractivity contribution in [3.8, 4) is 0 Å². The maximum absolute atomic E-state index is 11.1. The molecule has 0 aliphatic carbocycles. The summed E-state index contributed by atoms with van der Waals surface area (Å²) in [6, 6.07) is 0.408. The first-order valence-corrected chi connectivity index (χ1v) is 7.64. The molecule has 3 amide bonds. The summed E-state index contributed by atoms with van der Waals surface area (Å²) in [6.07, 6.45) is 3.80. The van der Waals surface area contributed by atoms with Crippen molar-refractivity contribution in [2.24, 2.45) is 0 Å². The minimum absolute atomic E-state index is 0.0568. The summed E-state index contributed by atoms with van der Waals surface area (Å²) >= 11 is 1.87. The van der Waals surface area contributed by atoms with Gasteiger partial charge < -0.3 is 16.0 Å². The summed E-state index contributed by atoms with van der Waals surface area (Å²) in [5.41, 5.74) is 0. The maximum atomic E-state index is 11.1. The van der Waals surface area contributed by atoms with Crippen LogP contribution in [-0.4, -0.2) is 42.6 Å². The molecule has 0 spiro atoms. The molecule has 6 heteroatoms. The Balaban J connectivity index is 1.93. The van der Waals surface area contributed by atoms with Gasteiger partial charge in [-0.05, 0) is 25.5 Å². The summed E-state index contributed by atoms with van der Waals surface area (Å²) in [4.78, 5) is 22.0. The standard InChI is InChI=1S/C12H23N3O2S/c1-9-10(15-12(17)14-9)8-18-7-5-3-4-6-11(16)13-2/h9-10H,3-8H2,1-2H3,(H,13,16)(H2,14,15,17). The van der Waals surface area contributed by atoms with E-state index in [1.807, 2.05) is 18.7 Å². The summed E-state index contributed by atoms with van der Waals surface area (Å²) in [5.74, 6) is 2.17. The number of thioether (sulfide) groups is 1. The van der Waals surface area contributed by atoms with Gasteiger partial charge in [0, 0.05) is 25.3 Å². The Bertz CT molecular complexity index is 286. The average Bonchev–Trinajstić information content (AvgIpc) is 2.66. The smallest absolute Gasteiger partial charge is 0.315 e. The third-order valence-corrected chi connectivity index (χ3v) is 4.22. The number of amides is 3. The molecular formula is C12H23N3O2S. The number of hydrogen-bond donors (Lipinski definition) is 3. The molecule has 5 nitrogen and oxygen atoms in total. The summed E-state index contributed by atoms with van der Waals surface area (Å²) in [5, 5.41) is 8.37. The zero-order chi connectivity index (χ0) is 13.4. The molecule has 0 aromatic heterocycles. The molecule has 104 valence electrons. The molecule has 18 heavy (non-hydrogen) atoms. The summed E-state index contributed by atoms with van der Waals surface area (Å²) in [6.45, 7) is 2.02. The van der Waals surface area contributed by atoms with Crippen LogP contribution in [0.5, 0.6) is 0 Å². The highest BCUT2D eigenvalue weighted by atomic mass is 32.2. The molecule has 0 aromatic carbocycles. The van der Waals surface area contributed by atoms with Crippen LogP contribution in [-0.2, 0) is 4.79 Å². The van der Waals surface area contributed by atoms with Crippen molar-refractivity contribution < 1.29 is 9.59 Å². The van der Waals surface area contributed by atoms with Gasteiger partial charge in [-0.1, -0.05) is 6.42 Å². The lowest BCUT2D eigenvalue weighted by Crippen LogP contribution is -2.33. The maximum Gasteiger partial charge on any atom is 0.315 e. The Hall–Kier alpha value is -0.910. The molecule has 1 saturated heterocycles. The van der Waals surface area contributed by atoms with Crippen LogP contribution in [0.25, 0.3) is 0 Å². The largest absolute Gasteiger partial charge is 0.359 e. The Labute approximate surface area is 113 Å². The Kier molecular flexibility index (Phi) is 6.93. The number of carbonyl (C=O) groups is 2. The van der Waals surface area contributed by atoms with E-state index in [0.29, 0.717) is 6.42 Å². The van der Waals surface area contributed by atoms with Crippen molar-refractivity contribution in [1.82, 2.24) is 16.0 Å². The van der Waals surface area contributed by atoms with E-state index in [1.54, 1.807) is 7.05 Å². The predicted molar refractivity (Wildman–Crippen MR) is 74.8 cm³/mol. The van der Waals surface area contributed by atoms with Crippen molar-refractivity contribution in [2.75, 3.05) is 18.6 Å². The molecular weight excluding hydrogens is 250 g/mol. The molecule has 1 heterocycles. The van der Waals surface area contributed by atoms with E-state index in [2.05, 4.69) is 16.0 Å². The fourth-order valence-electron chi connectivity index (χ4n) is 1.83. The van der Waals surface area contributed by atoms with Crippen molar-refractivity contribution in [2.45, 2.75) is 44.7 Å². The van der Waals surface area contributed by atoms with Gasteiger partial charge in [0.25, 0.3) is 0 Å². The average molecular weight is 273 g/mol. The number of urea groups is 1. The van der Waals surface area contributed by atoms with E-state index in [1.165, 1.54) is 0 Å². The molecule has 1 fully saturated rings. The van der Waals surface area contributed by atoms with Gasteiger partial charge in [-0.3, -0.25) is 4.79 Å². The third-order valence-electron chi connectivity index (χ3n) is 3.05.